The van der Waals surface area contributed by atoms with Crippen LogP contribution in [-0.4, -0.2) is 43.8 Å². The van der Waals surface area contributed by atoms with E-state index in [1.807, 2.05) is 32.9 Å². The summed E-state index contributed by atoms with van der Waals surface area (Å²) in [6.45, 7) is 7.27. The molecule has 1 aromatic carbocycles. The zero-order valence-corrected chi connectivity index (χ0v) is 16.4. The molecule has 0 spiro atoms. The van der Waals surface area contributed by atoms with Crippen LogP contribution in [0.5, 0.6) is 5.75 Å². The number of hydrogen-bond donors (Lipinski definition) is 1. The van der Waals surface area contributed by atoms with E-state index in [1.165, 1.54) is 0 Å². The van der Waals surface area contributed by atoms with Crippen molar-refractivity contribution in [3.8, 4) is 5.75 Å². The minimum Gasteiger partial charge on any atom is -0.494 e. The Morgan fingerprint density at radius 3 is 2.26 bits per heavy atom. The van der Waals surface area contributed by atoms with E-state index >= 15 is 0 Å². The maximum absolute atomic E-state index is 11.6. The fourth-order valence-corrected chi connectivity index (χ4v) is 1.78. The fraction of sp³-hybridized carbons (Fsp3) is 0.588. The lowest BCUT2D eigenvalue weighted by Crippen LogP contribution is -2.27. The lowest BCUT2D eigenvalue weighted by Gasteiger charge is -2.19. The normalized spacial score (nSPS) is 10.9. The predicted molar refractivity (Wildman–Crippen MR) is 99.9 cm³/mol. The minimum absolute atomic E-state index is 0. The molecule has 1 amide bonds. The summed E-state index contributed by atoms with van der Waals surface area (Å²) in [6, 6.07) is 7.30. The number of hydrogen-bond acceptors (Lipinski definition) is 4. The lowest BCUT2D eigenvalue weighted by atomic mass is 10.2. The molecule has 0 fully saturated rings. The number of ether oxygens (including phenoxy) is 2. The Labute approximate surface area is 150 Å². The second-order valence-electron chi connectivity index (χ2n) is 6.51. The topological polar surface area (TPSA) is 50.8 Å². The van der Waals surface area contributed by atoms with Crippen LogP contribution < -0.4 is 10.1 Å². The zero-order valence-electron chi connectivity index (χ0n) is 14.7. The van der Waals surface area contributed by atoms with Crippen molar-refractivity contribution in [2.45, 2.75) is 39.2 Å². The minimum atomic E-state index is -0.500. The van der Waals surface area contributed by atoms with Crippen LogP contribution in [0.25, 0.3) is 0 Å². The van der Waals surface area contributed by atoms with Gasteiger partial charge in [0.1, 0.15) is 11.4 Å². The Morgan fingerprint density at radius 1 is 1.13 bits per heavy atom. The van der Waals surface area contributed by atoms with Crippen molar-refractivity contribution in [2.75, 3.05) is 32.6 Å². The number of benzene rings is 1. The van der Waals surface area contributed by atoms with Crippen molar-refractivity contribution in [1.82, 2.24) is 4.90 Å². The van der Waals surface area contributed by atoms with E-state index in [0.717, 1.165) is 25.1 Å². The Kier molecular flexibility index (Phi) is 9.91. The molecule has 0 heterocycles. The van der Waals surface area contributed by atoms with E-state index in [2.05, 4.69) is 24.3 Å². The van der Waals surface area contributed by atoms with Gasteiger partial charge in [-0.15, -0.1) is 17.0 Å². The highest BCUT2D eigenvalue weighted by atomic mass is 79.9. The smallest absolute Gasteiger partial charge is 0.412 e. The summed E-state index contributed by atoms with van der Waals surface area (Å²) in [7, 11) is 4.13. The van der Waals surface area contributed by atoms with E-state index in [1.54, 1.807) is 12.1 Å². The summed E-state index contributed by atoms with van der Waals surface area (Å²) in [5.41, 5.74) is 0.189. The second-order valence-corrected chi connectivity index (χ2v) is 6.51. The molecule has 0 aromatic heterocycles. The number of rotatable bonds is 7. The quantitative estimate of drug-likeness (QED) is 0.706. The van der Waals surface area contributed by atoms with E-state index < -0.39 is 11.7 Å². The van der Waals surface area contributed by atoms with Crippen LogP contribution in [-0.2, 0) is 4.74 Å². The van der Waals surface area contributed by atoms with Crippen LogP contribution in [0.15, 0.2) is 24.3 Å². The van der Waals surface area contributed by atoms with Gasteiger partial charge in [0.25, 0.3) is 0 Å². The third-order valence-electron chi connectivity index (χ3n) is 2.77. The van der Waals surface area contributed by atoms with Crippen molar-refractivity contribution in [3.63, 3.8) is 0 Å². The molecule has 0 unspecified atom stereocenters. The Morgan fingerprint density at radius 2 is 1.74 bits per heavy atom. The van der Waals surface area contributed by atoms with Crippen molar-refractivity contribution >= 4 is 28.8 Å². The molecule has 0 radical (unpaired) electrons. The van der Waals surface area contributed by atoms with Gasteiger partial charge < -0.3 is 14.4 Å². The van der Waals surface area contributed by atoms with Crippen LogP contribution in [0.3, 0.4) is 0 Å². The van der Waals surface area contributed by atoms with Gasteiger partial charge in [0.05, 0.1) is 6.61 Å². The molecule has 0 atom stereocenters. The van der Waals surface area contributed by atoms with Crippen molar-refractivity contribution in [1.29, 1.82) is 0 Å². The van der Waals surface area contributed by atoms with E-state index in [0.29, 0.717) is 12.3 Å². The third-order valence-corrected chi connectivity index (χ3v) is 2.77. The molecule has 132 valence electrons. The lowest BCUT2D eigenvalue weighted by molar-refractivity contribution is 0.0636. The third kappa shape index (κ3) is 11.0. The average molecular weight is 389 g/mol. The molecule has 23 heavy (non-hydrogen) atoms. The van der Waals surface area contributed by atoms with Crippen molar-refractivity contribution < 1.29 is 14.3 Å². The molecule has 0 saturated heterocycles. The first kappa shape index (κ1) is 21.7. The summed E-state index contributed by atoms with van der Waals surface area (Å²) < 4.78 is 10.9. The molecular formula is C17H29BrN2O3. The van der Waals surface area contributed by atoms with Crippen LogP contribution in [0, 0.1) is 0 Å². The molecule has 1 rings (SSSR count). The molecule has 0 bridgehead atoms. The number of carbonyl (C=O) groups excluding carboxylic acids is 1. The highest BCUT2D eigenvalue weighted by molar-refractivity contribution is 8.93. The summed E-state index contributed by atoms with van der Waals surface area (Å²) in [5, 5.41) is 2.69. The van der Waals surface area contributed by atoms with Gasteiger partial charge in [-0.05, 0) is 78.5 Å². The van der Waals surface area contributed by atoms with Gasteiger partial charge in [0, 0.05) is 5.69 Å². The maximum Gasteiger partial charge on any atom is 0.412 e. The van der Waals surface area contributed by atoms with Gasteiger partial charge >= 0.3 is 6.09 Å². The Balaban J connectivity index is 0.00000484. The number of nitrogens with zero attached hydrogens (tertiary/aromatic N) is 1. The molecule has 0 aliphatic rings. The summed E-state index contributed by atoms with van der Waals surface area (Å²) in [4.78, 5) is 13.8. The van der Waals surface area contributed by atoms with Gasteiger partial charge in [0.15, 0.2) is 0 Å². The largest absolute Gasteiger partial charge is 0.494 e. The summed E-state index contributed by atoms with van der Waals surface area (Å²) >= 11 is 0. The molecular weight excluding hydrogens is 360 g/mol. The summed E-state index contributed by atoms with van der Waals surface area (Å²) in [6.07, 6.45) is 1.69. The van der Waals surface area contributed by atoms with Crippen LogP contribution in [0.4, 0.5) is 10.5 Å². The van der Waals surface area contributed by atoms with E-state index in [4.69, 9.17) is 9.47 Å². The number of anilines is 1. The number of halogens is 1. The highest BCUT2D eigenvalue weighted by Crippen LogP contribution is 2.17. The highest BCUT2D eigenvalue weighted by Gasteiger charge is 2.16. The standard InChI is InChI=1S/C17H28N2O3.BrH/c1-17(2,3)22-16(20)18-14-8-10-15(11-9-14)21-13-7-6-12-19(4)5;/h8-11H,6-7,12-13H2,1-5H3,(H,18,20);1H. The molecule has 6 heteroatoms. The van der Waals surface area contributed by atoms with Crippen molar-refractivity contribution in [2.24, 2.45) is 0 Å². The average Bonchev–Trinajstić information content (AvgIpc) is 2.37. The Bertz CT molecular complexity index is 456. The Hall–Kier alpha value is -1.27. The molecule has 0 aliphatic heterocycles. The predicted octanol–water partition coefficient (Wildman–Crippen LogP) is 4.33. The van der Waals surface area contributed by atoms with E-state index in [-0.39, 0.29) is 17.0 Å². The SMILES string of the molecule is Br.CN(C)CCCCOc1ccc(NC(=O)OC(C)(C)C)cc1. The fourth-order valence-electron chi connectivity index (χ4n) is 1.78. The number of amides is 1. The summed E-state index contributed by atoms with van der Waals surface area (Å²) in [5.74, 6) is 0.805. The monoisotopic (exact) mass is 388 g/mol. The van der Waals surface area contributed by atoms with Gasteiger partial charge in [-0.2, -0.15) is 0 Å². The molecule has 5 nitrogen and oxygen atoms in total. The first-order valence-electron chi connectivity index (χ1n) is 7.64. The van der Waals surface area contributed by atoms with Crippen LogP contribution in [0.2, 0.25) is 0 Å². The van der Waals surface area contributed by atoms with Gasteiger partial charge in [0.2, 0.25) is 0 Å². The second kappa shape index (κ2) is 10.5. The molecule has 0 saturated carbocycles. The maximum atomic E-state index is 11.6. The molecule has 0 aliphatic carbocycles. The first-order valence-corrected chi connectivity index (χ1v) is 7.64. The van der Waals surface area contributed by atoms with Crippen LogP contribution in [0.1, 0.15) is 33.6 Å². The van der Waals surface area contributed by atoms with Crippen molar-refractivity contribution in [3.05, 3.63) is 24.3 Å². The zero-order chi connectivity index (χ0) is 16.6. The van der Waals surface area contributed by atoms with Gasteiger partial charge in [-0.25, -0.2) is 4.79 Å². The molecule has 1 aromatic rings. The number of carbonyl (C=O) groups is 1. The number of unbranched alkanes of at least 4 members (excludes halogenated alkanes) is 1. The molecule has 1 N–H and O–H groups in total. The van der Waals surface area contributed by atoms with Gasteiger partial charge in [-0.1, -0.05) is 0 Å². The van der Waals surface area contributed by atoms with Crippen LogP contribution >= 0.6 is 17.0 Å². The number of nitrogens with one attached hydrogen (secondary N) is 1. The first-order chi connectivity index (χ1) is 10.3. The van der Waals surface area contributed by atoms with Gasteiger partial charge in [-0.3, -0.25) is 5.32 Å². The van der Waals surface area contributed by atoms with E-state index in [9.17, 15) is 4.79 Å².